The zero-order valence-electron chi connectivity index (χ0n) is 7.23. The Morgan fingerprint density at radius 1 is 1.85 bits per heavy atom. The van der Waals surface area contributed by atoms with Gasteiger partial charge in [0, 0.05) is 6.42 Å². The lowest BCUT2D eigenvalue weighted by Gasteiger charge is -2.12. The minimum Gasteiger partial charge on any atom is -0.480 e. The molecule has 0 aliphatic carbocycles. The van der Waals surface area contributed by atoms with E-state index < -0.39 is 12.0 Å². The van der Waals surface area contributed by atoms with Crippen LogP contribution in [0.2, 0.25) is 0 Å². The number of aliphatic carboxylic acids is 1. The molecule has 74 valence electrons. The van der Waals surface area contributed by atoms with Gasteiger partial charge in [0.25, 0.3) is 0 Å². The number of allylic oxidation sites excluding steroid dienone is 1. The molecule has 1 rings (SSSR count). The van der Waals surface area contributed by atoms with Gasteiger partial charge >= 0.3 is 5.97 Å². The number of nitrogens with zero attached hydrogens (tertiary/aromatic N) is 1. The Labute approximate surface area is 75.2 Å². The molecule has 4 N–H and O–H groups in total. The maximum Gasteiger partial charge on any atom is 0.320 e. The van der Waals surface area contributed by atoms with Crippen LogP contribution in [0.25, 0.3) is 0 Å². The summed E-state index contributed by atoms with van der Waals surface area (Å²) in [4.78, 5) is 10.4. The van der Waals surface area contributed by atoms with Crippen LogP contribution < -0.4 is 5.73 Å². The third-order valence-corrected chi connectivity index (χ3v) is 1.85. The van der Waals surface area contributed by atoms with Crippen molar-refractivity contribution in [1.29, 1.82) is 0 Å². The molecule has 1 aliphatic heterocycles. The number of ether oxygens (including phenoxy) is 1. The molecule has 0 saturated heterocycles. The summed E-state index contributed by atoms with van der Waals surface area (Å²) in [5, 5.41) is 18.6. The van der Waals surface area contributed by atoms with Crippen molar-refractivity contribution in [3.05, 3.63) is 11.5 Å². The summed E-state index contributed by atoms with van der Waals surface area (Å²) in [5.41, 5.74) is 5.72. The van der Waals surface area contributed by atoms with Crippen molar-refractivity contribution in [3.8, 4) is 0 Å². The lowest BCUT2D eigenvalue weighted by Crippen LogP contribution is -2.32. The van der Waals surface area contributed by atoms with Crippen molar-refractivity contribution in [1.82, 2.24) is 5.06 Å². The summed E-state index contributed by atoms with van der Waals surface area (Å²) in [6.45, 7) is 1.69. The topological polar surface area (TPSA) is 96.0 Å². The molecule has 1 atom stereocenters. The maximum atomic E-state index is 10.4. The number of nitrogens with two attached hydrogens (primary N) is 1. The lowest BCUT2D eigenvalue weighted by atomic mass is 10.1. The number of carboxylic acid groups (broad SMARTS) is 1. The van der Waals surface area contributed by atoms with E-state index in [0.717, 1.165) is 5.06 Å². The second-order valence-corrected chi connectivity index (χ2v) is 2.82. The Bertz CT molecular complexity index is 251. The highest BCUT2D eigenvalue weighted by Gasteiger charge is 2.24. The highest BCUT2D eigenvalue weighted by atomic mass is 16.6. The number of hydrogen-bond donors (Lipinski definition) is 3. The van der Waals surface area contributed by atoms with E-state index in [-0.39, 0.29) is 13.2 Å². The van der Waals surface area contributed by atoms with E-state index in [1.807, 2.05) is 0 Å². The van der Waals surface area contributed by atoms with Gasteiger partial charge in [-0.1, -0.05) is 0 Å². The highest BCUT2D eigenvalue weighted by Crippen LogP contribution is 2.21. The zero-order valence-corrected chi connectivity index (χ0v) is 7.23. The maximum absolute atomic E-state index is 10.4. The van der Waals surface area contributed by atoms with Crippen molar-refractivity contribution in [2.45, 2.75) is 19.4 Å². The first-order valence-corrected chi connectivity index (χ1v) is 3.79. The van der Waals surface area contributed by atoms with E-state index in [4.69, 9.17) is 15.6 Å². The Balaban J connectivity index is 2.62. The summed E-state index contributed by atoms with van der Waals surface area (Å²) in [6, 6.07) is -1.01. The lowest BCUT2D eigenvalue weighted by molar-refractivity contribution is -0.139. The standard InChI is InChI=1S/C7H12N2O4/c1-4-6(9(12)3-13-4)2-5(8)7(10)11/h5,12H,2-3,8H2,1H3,(H,10,11). The monoisotopic (exact) mass is 188 g/mol. The van der Waals surface area contributed by atoms with Crippen molar-refractivity contribution in [3.63, 3.8) is 0 Å². The molecule has 0 saturated carbocycles. The second-order valence-electron chi connectivity index (χ2n) is 2.82. The van der Waals surface area contributed by atoms with Crippen molar-refractivity contribution in [2.24, 2.45) is 5.73 Å². The summed E-state index contributed by atoms with van der Waals surface area (Å²) in [5.74, 6) is -0.584. The van der Waals surface area contributed by atoms with Gasteiger partial charge in [-0.2, -0.15) is 0 Å². The van der Waals surface area contributed by atoms with E-state index >= 15 is 0 Å². The van der Waals surface area contributed by atoms with Crippen molar-refractivity contribution >= 4 is 5.97 Å². The fraction of sp³-hybridized carbons (Fsp3) is 0.571. The van der Waals surface area contributed by atoms with E-state index in [1.54, 1.807) is 6.92 Å². The third-order valence-electron chi connectivity index (χ3n) is 1.85. The number of rotatable bonds is 3. The van der Waals surface area contributed by atoms with Gasteiger partial charge in [-0.05, 0) is 6.92 Å². The van der Waals surface area contributed by atoms with E-state index in [1.165, 1.54) is 0 Å². The molecule has 0 aromatic heterocycles. The van der Waals surface area contributed by atoms with Gasteiger partial charge in [0.1, 0.15) is 11.8 Å². The van der Waals surface area contributed by atoms with Crippen LogP contribution >= 0.6 is 0 Å². The molecule has 0 bridgehead atoms. The van der Waals surface area contributed by atoms with Crippen molar-refractivity contribution < 1.29 is 19.8 Å². The molecule has 6 nitrogen and oxygen atoms in total. The van der Waals surface area contributed by atoms with E-state index in [9.17, 15) is 10.0 Å². The minimum atomic E-state index is -1.10. The minimum absolute atomic E-state index is 0.0352. The van der Waals surface area contributed by atoms with Crippen LogP contribution in [-0.4, -0.2) is 34.1 Å². The molecule has 1 unspecified atom stereocenters. The van der Waals surface area contributed by atoms with Crippen LogP contribution in [0.1, 0.15) is 13.3 Å². The largest absolute Gasteiger partial charge is 0.480 e. The van der Waals surface area contributed by atoms with Crippen LogP contribution in [0.3, 0.4) is 0 Å². The van der Waals surface area contributed by atoms with Gasteiger partial charge in [-0.3, -0.25) is 10.0 Å². The van der Waals surface area contributed by atoms with Gasteiger partial charge < -0.3 is 15.6 Å². The summed E-state index contributed by atoms with van der Waals surface area (Å²) in [7, 11) is 0. The summed E-state index contributed by atoms with van der Waals surface area (Å²) < 4.78 is 4.97. The molecule has 1 aliphatic rings. The quantitative estimate of drug-likeness (QED) is 0.562. The number of hydroxylamine groups is 2. The van der Waals surface area contributed by atoms with Crippen LogP contribution in [0, 0.1) is 0 Å². The normalized spacial score (nSPS) is 18.8. The average Bonchev–Trinajstić information content (AvgIpc) is 2.35. The first-order chi connectivity index (χ1) is 6.02. The molecule has 0 amide bonds. The predicted molar refractivity (Wildman–Crippen MR) is 42.5 cm³/mol. The SMILES string of the molecule is CC1=C(CC(N)C(=O)O)N(O)CO1. The fourth-order valence-corrected chi connectivity index (χ4v) is 1.05. The Hall–Kier alpha value is -1.27. The number of carbonyl (C=O) groups is 1. The van der Waals surface area contributed by atoms with E-state index in [2.05, 4.69) is 0 Å². The molecule has 6 heteroatoms. The molecular weight excluding hydrogens is 176 g/mol. The molecule has 0 radical (unpaired) electrons. The first-order valence-electron chi connectivity index (χ1n) is 3.79. The molecule has 1 heterocycles. The third kappa shape index (κ3) is 2.10. The second kappa shape index (κ2) is 3.63. The van der Waals surface area contributed by atoms with Crippen LogP contribution in [-0.2, 0) is 9.53 Å². The Kier molecular flexibility index (Phi) is 2.74. The van der Waals surface area contributed by atoms with Gasteiger partial charge in [0.2, 0.25) is 0 Å². The van der Waals surface area contributed by atoms with Crippen LogP contribution in [0.15, 0.2) is 11.5 Å². The Morgan fingerprint density at radius 3 is 2.85 bits per heavy atom. The van der Waals surface area contributed by atoms with Gasteiger partial charge in [-0.15, -0.1) is 0 Å². The molecule has 0 aromatic carbocycles. The Morgan fingerprint density at radius 2 is 2.46 bits per heavy atom. The molecule has 0 aromatic rings. The van der Waals surface area contributed by atoms with Gasteiger partial charge in [-0.25, -0.2) is 5.06 Å². The van der Waals surface area contributed by atoms with Crippen LogP contribution in [0.5, 0.6) is 0 Å². The molecular formula is C7H12N2O4. The van der Waals surface area contributed by atoms with Crippen LogP contribution in [0.4, 0.5) is 0 Å². The number of carboxylic acids is 1. The van der Waals surface area contributed by atoms with E-state index in [0.29, 0.717) is 11.5 Å². The first kappa shape index (κ1) is 9.82. The van der Waals surface area contributed by atoms with Crippen molar-refractivity contribution in [2.75, 3.05) is 6.73 Å². The zero-order chi connectivity index (χ0) is 10.0. The molecule has 0 spiro atoms. The fourth-order valence-electron chi connectivity index (χ4n) is 1.05. The summed E-state index contributed by atoms with van der Waals surface area (Å²) >= 11 is 0. The number of hydrogen-bond acceptors (Lipinski definition) is 5. The van der Waals surface area contributed by atoms with Gasteiger partial charge in [0.05, 0.1) is 5.70 Å². The molecule has 0 fully saturated rings. The predicted octanol–water partition coefficient (Wildman–Crippen LogP) is -0.301. The summed E-state index contributed by atoms with van der Waals surface area (Å²) in [6.07, 6.45) is 0.0671. The molecule has 13 heavy (non-hydrogen) atoms. The smallest absolute Gasteiger partial charge is 0.320 e. The van der Waals surface area contributed by atoms with Gasteiger partial charge in [0.15, 0.2) is 6.73 Å². The average molecular weight is 188 g/mol. The highest BCUT2D eigenvalue weighted by molar-refractivity contribution is 5.73.